The highest BCUT2D eigenvalue weighted by Crippen LogP contribution is 2.21. The van der Waals surface area contributed by atoms with Gasteiger partial charge in [-0.1, -0.05) is 23.4 Å². The highest BCUT2D eigenvalue weighted by molar-refractivity contribution is 7.13. The van der Waals surface area contributed by atoms with E-state index < -0.39 is 0 Å². The summed E-state index contributed by atoms with van der Waals surface area (Å²) in [5, 5.41) is 4.20. The summed E-state index contributed by atoms with van der Waals surface area (Å²) in [7, 11) is 0. The van der Waals surface area contributed by atoms with E-state index >= 15 is 0 Å². The molecule has 0 radical (unpaired) electrons. The van der Waals surface area contributed by atoms with Gasteiger partial charge < -0.3 is 11.1 Å². The fraction of sp³-hybridized carbons (Fsp3) is 0.143. The Kier molecular flexibility index (Phi) is 4.74. The van der Waals surface area contributed by atoms with Gasteiger partial charge in [0, 0.05) is 10.6 Å². The number of amides is 1. The molecule has 102 valence electrons. The van der Waals surface area contributed by atoms with E-state index in [9.17, 15) is 4.79 Å². The van der Waals surface area contributed by atoms with Crippen molar-refractivity contribution in [2.24, 2.45) is 5.73 Å². The van der Waals surface area contributed by atoms with E-state index in [-0.39, 0.29) is 12.5 Å². The van der Waals surface area contributed by atoms with Crippen LogP contribution in [0.3, 0.4) is 0 Å². The smallest absolute Gasteiger partial charge is 0.267 e. The molecule has 1 heterocycles. The van der Waals surface area contributed by atoms with Crippen molar-refractivity contribution in [2.75, 3.05) is 11.9 Å². The summed E-state index contributed by atoms with van der Waals surface area (Å²) in [6.45, 7) is 2.09. The Morgan fingerprint density at radius 1 is 1.55 bits per heavy atom. The molecule has 1 aromatic carbocycles. The summed E-state index contributed by atoms with van der Waals surface area (Å²) < 4.78 is 0. The van der Waals surface area contributed by atoms with Crippen LogP contribution in [0.4, 0.5) is 5.69 Å². The van der Waals surface area contributed by atoms with Crippen molar-refractivity contribution in [3.05, 3.63) is 44.9 Å². The summed E-state index contributed by atoms with van der Waals surface area (Å²) in [6.07, 6.45) is 1.55. The molecule has 0 saturated carbocycles. The second kappa shape index (κ2) is 6.53. The molecule has 0 atom stereocenters. The van der Waals surface area contributed by atoms with Gasteiger partial charge in [-0.3, -0.25) is 4.79 Å². The van der Waals surface area contributed by atoms with E-state index in [0.29, 0.717) is 21.2 Å². The lowest BCUT2D eigenvalue weighted by molar-refractivity contribution is 0.103. The minimum atomic E-state index is -0.214. The molecule has 20 heavy (non-hydrogen) atoms. The Hall–Kier alpha value is -1.87. The number of nitrogens with one attached hydrogen (secondary N) is 1. The van der Waals surface area contributed by atoms with Crippen LogP contribution < -0.4 is 11.1 Å². The average molecular weight is 306 g/mol. The quantitative estimate of drug-likeness (QED) is 0.838. The van der Waals surface area contributed by atoms with Gasteiger partial charge >= 0.3 is 0 Å². The Bertz CT molecular complexity index is 700. The summed E-state index contributed by atoms with van der Waals surface area (Å²) in [4.78, 5) is 16.7. The van der Waals surface area contributed by atoms with Crippen molar-refractivity contribution in [3.63, 3.8) is 0 Å². The molecule has 6 heteroatoms. The number of hydrogen-bond donors (Lipinski definition) is 2. The van der Waals surface area contributed by atoms with Crippen LogP contribution in [-0.4, -0.2) is 17.4 Å². The lowest BCUT2D eigenvalue weighted by Gasteiger charge is -2.06. The molecule has 2 aromatic rings. The number of nitrogens with two attached hydrogens (primary N) is 1. The van der Waals surface area contributed by atoms with Gasteiger partial charge in [-0.2, -0.15) is 0 Å². The van der Waals surface area contributed by atoms with Crippen LogP contribution >= 0.6 is 22.9 Å². The molecule has 0 aliphatic rings. The molecule has 0 unspecified atom stereocenters. The SMILES string of the molecule is Cc1ncc(C(=O)Nc2ccc(Cl)cc2C#CCN)s1. The highest BCUT2D eigenvalue weighted by atomic mass is 35.5. The van der Waals surface area contributed by atoms with Crippen molar-refractivity contribution in [2.45, 2.75) is 6.92 Å². The predicted octanol–water partition coefficient (Wildman–Crippen LogP) is 2.67. The van der Waals surface area contributed by atoms with E-state index in [4.69, 9.17) is 17.3 Å². The average Bonchev–Trinajstić information content (AvgIpc) is 2.85. The van der Waals surface area contributed by atoms with Crippen molar-refractivity contribution in [1.29, 1.82) is 0 Å². The number of benzene rings is 1. The largest absolute Gasteiger partial charge is 0.320 e. The fourth-order valence-corrected chi connectivity index (χ4v) is 2.37. The van der Waals surface area contributed by atoms with E-state index in [1.54, 1.807) is 24.4 Å². The van der Waals surface area contributed by atoms with E-state index in [2.05, 4.69) is 22.1 Å². The first-order chi connectivity index (χ1) is 9.60. The number of carbonyl (C=O) groups excluding carboxylic acids is 1. The first kappa shape index (κ1) is 14.5. The predicted molar refractivity (Wildman–Crippen MR) is 82.2 cm³/mol. The van der Waals surface area contributed by atoms with Crippen LogP contribution in [-0.2, 0) is 0 Å². The van der Waals surface area contributed by atoms with Gasteiger partial charge in [-0.05, 0) is 25.1 Å². The molecule has 0 aliphatic heterocycles. The summed E-state index contributed by atoms with van der Waals surface area (Å²) >= 11 is 7.27. The molecule has 2 rings (SSSR count). The van der Waals surface area contributed by atoms with Crippen molar-refractivity contribution in [1.82, 2.24) is 4.98 Å². The van der Waals surface area contributed by atoms with E-state index in [1.165, 1.54) is 11.3 Å². The monoisotopic (exact) mass is 305 g/mol. The number of nitrogens with zero attached hydrogens (tertiary/aromatic N) is 1. The Labute approximate surface area is 126 Å². The number of aromatic nitrogens is 1. The van der Waals surface area contributed by atoms with Gasteiger partial charge in [0.25, 0.3) is 5.91 Å². The zero-order valence-electron chi connectivity index (χ0n) is 10.7. The van der Waals surface area contributed by atoms with Crippen molar-refractivity contribution < 1.29 is 4.79 Å². The van der Waals surface area contributed by atoms with Gasteiger partial charge in [0.2, 0.25) is 0 Å². The van der Waals surface area contributed by atoms with Crippen LogP contribution in [0.1, 0.15) is 20.2 Å². The summed E-state index contributed by atoms with van der Waals surface area (Å²) in [5.74, 6) is 5.42. The molecule has 0 bridgehead atoms. The molecule has 0 aliphatic carbocycles. The molecule has 0 saturated heterocycles. The molecule has 3 N–H and O–H groups in total. The second-order valence-electron chi connectivity index (χ2n) is 3.89. The van der Waals surface area contributed by atoms with E-state index in [1.807, 2.05) is 6.92 Å². The third kappa shape index (κ3) is 3.58. The maximum Gasteiger partial charge on any atom is 0.267 e. The highest BCUT2D eigenvalue weighted by Gasteiger charge is 2.11. The summed E-state index contributed by atoms with van der Waals surface area (Å²) in [6, 6.07) is 5.11. The number of thiazole rings is 1. The lowest BCUT2D eigenvalue weighted by Crippen LogP contribution is -2.11. The lowest BCUT2D eigenvalue weighted by atomic mass is 10.1. The minimum absolute atomic E-state index is 0.214. The standard InChI is InChI=1S/C14H12ClN3OS/c1-9-17-8-13(20-9)14(19)18-12-5-4-11(15)7-10(12)3-2-6-16/h4-5,7-8H,6,16H2,1H3,(H,18,19). The van der Waals surface area contributed by atoms with Gasteiger partial charge in [0.15, 0.2) is 0 Å². The zero-order valence-corrected chi connectivity index (χ0v) is 12.3. The second-order valence-corrected chi connectivity index (χ2v) is 5.56. The van der Waals surface area contributed by atoms with Gasteiger partial charge in [0.05, 0.1) is 23.4 Å². The first-order valence-corrected chi connectivity index (χ1v) is 7.02. The molecule has 1 aromatic heterocycles. The number of anilines is 1. The van der Waals surface area contributed by atoms with Crippen LogP contribution in [0.25, 0.3) is 0 Å². The third-order valence-corrected chi connectivity index (χ3v) is 3.55. The third-order valence-electron chi connectivity index (χ3n) is 2.40. The number of hydrogen-bond acceptors (Lipinski definition) is 4. The maximum atomic E-state index is 12.1. The number of aryl methyl sites for hydroxylation is 1. The Morgan fingerprint density at radius 2 is 2.35 bits per heavy atom. The van der Waals surface area contributed by atoms with Crippen LogP contribution in [0.2, 0.25) is 5.02 Å². The normalized spacial score (nSPS) is 9.75. The fourth-order valence-electron chi connectivity index (χ4n) is 1.53. The minimum Gasteiger partial charge on any atom is -0.320 e. The van der Waals surface area contributed by atoms with Crippen LogP contribution in [0, 0.1) is 18.8 Å². The molecular formula is C14H12ClN3OS. The topological polar surface area (TPSA) is 68.0 Å². The number of halogens is 1. The molecule has 1 amide bonds. The summed E-state index contributed by atoms with van der Waals surface area (Å²) in [5.41, 5.74) is 6.60. The maximum absolute atomic E-state index is 12.1. The van der Waals surface area contributed by atoms with Crippen molar-refractivity contribution >= 4 is 34.5 Å². The Morgan fingerprint density at radius 3 is 3.00 bits per heavy atom. The van der Waals surface area contributed by atoms with Gasteiger partial charge in [-0.15, -0.1) is 11.3 Å². The van der Waals surface area contributed by atoms with Crippen molar-refractivity contribution in [3.8, 4) is 11.8 Å². The van der Waals surface area contributed by atoms with Crippen LogP contribution in [0.15, 0.2) is 24.4 Å². The molecule has 0 fully saturated rings. The van der Waals surface area contributed by atoms with Gasteiger partial charge in [0.1, 0.15) is 4.88 Å². The zero-order chi connectivity index (χ0) is 14.5. The van der Waals surface area contributed by atoms with Gasteiger partial charge in [-0.25, -0.2) is 4.98 Å². The Balaban J connectivity index is 2.26. The number of rotatable bonds is 2. The van der Waals surface area contributed by atoms with Crippen LogP contribution in [0.5, 0.6) is 0 Å². The molecular weight excluding hydrogens is 294 g/mol. The molecule has 0 spiro atoms. The molecule has 4 nitrogen and oxygen atoms in total. The number of carbonyl (C=O) groups is 1. The first-order valence-electron chi connectivity index (χ1n) is 5.82. The van der Waals surface area contributed by atoms with E-state index in [0.717, 1.165) is 5.01 Å².